The summed E-state index contributed by atoms with van der Waals surface area (Å²) in [5, 5.41) is 9.36. The summed E-state index contributed by atoms with van der Waals surface area (Å²) >= 11 is 0. The molecular weight excluding hydrogens is 463 g/mol. The predicted molar refractivity (Wildman–Crippen MR) is 125 cm³/mol. The van der Waals surface area contributed by atoms with Crippen LogP contribution in [0.5, 0.6) is 5.75 Å². The van der Waals surface area contributed by atoms with Crippen LogP contribution in [0, 0.1) is 12.7 Å². The van der Waals surface area contributed by atoms with Gasteiger partial charge >= 0.3 is 0 Å². The van der Waals surface area contributed by atoms with Gasteiger partial charge in [-0.2, -0.15) is 9.61 Å². The molecule has 4 aromatic rings. The molecule has 3 aromatic heterocycles. The van der Waals surface area contributed by atoms with Gasteiger partial charge in [0.2, 0.25) is 5.95 Å². The Hall–Kier alpha value is -3.48. The molecule has 1 aliphatic heterocycles. The van der Waals surface area contributed by atoms with Crippen LogP contribution in [-0.2, 0) is 15.7 Å². The lowest BCUT2D eigenvalue weighted by molar-refractivity contribution is 0.387. The van der Waals surface area contributed by atoms with Crippen molar-refractivity contribution in [3.05, 3.63) is 35.7 Å². The van der Waals surface area contributed by atoms with Gasteiger partial charge in [0.15, 0.2) is 32.9 Å². The minimum absolute atomic E-state index is 0.00357. The van der Waals surface area contributed by atoms with Crippen LogP contribution in [0.1, 0.15) is 30.3 Å². The largest absolute Gasteiger partial charge is 0.494 e. The highest BCUT2D eigenvalue weighted by atomic mass is 32.2. The fourth-order valence-corrected chi connectivity index (χ4v) is 5.19. The SMILES string of the molecule is COc1cc2nc(N)n3nc(C4CCCN(c5cnn(CS(C)(=O)=O)c5C)C4)nc3c2cc1F. The maximum Gasteiger partial charge on any atom is 0.223 e. The number of ether oxygens (including phenoxy) is 1. The van der Waals surface area contributed by atoms with Gasteiger partial charge in [-0.25, -0.2) is 22.8 Å². The summed E-state index contributed by atoms with van der Waals surface area (Å²) in [4.78, 5) is 11.2. The monoisotopic (exact) mass is 488 g/mol. The van der Waals surface area contributed by atoms with Crippen molar-refractivity contribution in [2.45, 2.75) is 31.6 Å². The van der Waals surface area contributed by atoms with E-state index in [2.05, 4.69) is 20.1 Å². The number of methoxy groups -OCH3 is 1. The zero-order valence-corrected chi connectivity index (χ0v) is 19.9. The first-order valence-corrected chi connectivity index (χ1v) is 12.8. The second kappa shape index (κ2) is 8.08. The van der Waals surface area contributed by atoms with E-state index < -0.39 is 15.7 Å². The summed E-state index contributed by atoms with van der Waals surface area (Å²) in [6.07, 6.45) is 4.66. The van der Waals surface area contributed by atoms with Crippen molar-refractivity contribution in [1.29, 1.82) is 0 Å². The minimum Gasteiger partial charge on any atom is -0.494 e. The van der Waals surface area contributed by atoms with Gasteiger partial charge in [-0.1, -0.05) is 0 Å². The van der Waals surface area contributed by atoms with Crippen molar-refractivity contribution < 1.29 is 17.5 Å². The van der Waals surface area contributed by atoms with Crippen molar-refractivity contribution >= 4 is 38.0 Å². The highest BCUT2D eigenvalue weighted by molar-refractivity contribution is 7.89. The number of aromatic nitrogens is 6. The quantitative estimate of drug-likeness (QED) is 0.447. The van der Waals surface area contributed by atoms with E-state index >= 15 is 0 Å². The molecule has 1 aromatic carbocycles. The fourth-order valence-electron chi connectivity index (χ4n) is 4.48. The first-order valence-electron chi connectivity index (χ1n) is 10.8. The summed E-state index contributed by atoms with van der Waals surface area (Å²) in [6.45, 7) is 3.31. The molecule has 11 nitrogen and oxygen atoms in total. The molecule has 4 heterocycles. The van der Waals surface area contributed by atoms with Crippen LogP contribution in [0.25, 0.3) is 16.6 Å². The van der Waals surface area contributed by atoms with Crippen LogP contribution in [-0.4, -0.2) is 64.2 Å². The van der Waals surface area contributed by atoms with Gasteiger partial charge in [0.1, 0.15) is 5.88 Å². The van der Waals surface area contributed by atoms with Crippen molar-refractivity contribution in [3.63, 3.8) is 0 Å². The Bertz CT molecular complexity index is 1510. The number of rotatable bonds is 5. The number of anilines is 2. The van der Waals surface area contributed by atoms with E-state index in [0.29, 0.717) is 28.9 Å². The summed E-state index contributed by atoms with van der Waals surface area (Å²) in [6, 6.07) is 2.83. The number of nitrogens with two attached hydrogens (primary N) is 1. The van der Waals surface area contributed by atoms with Crippen molar-refractivity contribution in [3.8, 4) is 5.75 Å². The van der Waals surface area contributed by atoms with Crippen LogP contribution < -0.4 is 15.4 Å². The number of nitrogens with zero attached hydrogens (tertiary/aromatic N) is 7. The van der Waals surface area contributed by atoms with Gasteiger partial charge in [0, 0.05) is 36.7 Å². The van der Waals surface area contributed by atoms with E-state index in [1.807, 2.05) is 6.92 Å². The summed E-state index contributed by atoms with van der Waals surface area (Å²) in [5.41, 5.74) is 8.72. The molecule has 1 aliphatic rings. The highest BCUT2D eigenvalue weighted by Crippen LogP contribution is 2.32. The van der Waals surface area contributed by atoms with E-state index in [0.717, 1.165) is 30.8 Å². The molecule has 1 atom stereocenters. The number of sulfone groups is 1. The highest BCUT2D eigenvalue weighted by Gasteiger charge is 2.28. The van der Waals surface area contributed by atoms with Gasteiger partial charge in [-0.15, -0.1) is 5.10 Å². The maximum absolute atomic E-state index is 14.4. The fraction of sp³-hybridized carbons (Fsp3) is 0.429. The smallest absolute Gasteiger partial charge is 0.223 e. The average Bonchev–Trinajstić information content (AvgIpc) is 3.38. The van der Waals surface area contributed by atoms with E-state index in [1.165, 1.54) is 34.7 Å². The van der Waals surface area contributed by atoms with Crippen LogP contribution in [0.4, 0.5) is 16.0 Å². The number of halogens is 1. The van der Waals surface area contributed by atoms with Crippen LogP contribution in [0.2, 0.25) is 0 Å². The molecule has 0 spiro atoms. The molecule has 2 N–H and O–H groups in total. The van der Waals surface area contributed by atoms with Gasteiger partial charge in [0.25, 0.3) is 0 Å². The first kappa shape index (κ1) is 22.3. The summed E-state index contributed by atoms with van der Waals surface area (Å²) < 4.78 is 45.8. The Morgan fingerprint density at radius 2 is 2.09 bits per heavy atom. The molecule has 13 heteroatoms. The van der Waals surface area contributed by atoms with Crippen molar-refractivity contribution in [1.82, 2.24) is 29.4 Å². The van der Waals surface area contributed by atoms with Gasteiger partial charge in [0.05, 0.1) is 30.2 Å². The molecular formula is C21H25FN8O3S. The topological polar surface area (TPSA) is 134 Å². The zero-order valence-electron chi connectivity index (χ0n) is 19.1. The van der Waals surface area contributed by atoms with E-state index in [9.17, 15) is 12.8 Å². The molecule has 0 saturated carbocycles. The van der Waals surface area contributed by atoms with Crippen molar-refractivity contribution in [2.75, 3.05) is 37.1 Å². The predicted octanol–water partition coefficient (Wildman–Crippen LogP) is 1.90. The average molecular weight is 489 g/mol. The number of hydrogen-bond donors (Lipinski definition) is 1. The Labute approximate surface area is 195 Å². The van der Waals surface area contributed by atoms with Gasteiger partial charge < -0.3 is 15.4 Å². The third-order valence-electron chi connectivity index (χ3n) is 6.15. The Kier molecular flexibility index (Phi) is 5.30. The molecule has 0 bridgehead atoms. The van der Waals surface area contributed by atoms with Gasteiger partial charge in [-0.3, -0.25) is 4.68 Å². The number of benzene rings is 1. The van der Waals surface area contributed by atoms with E-state index in [4.69, 9.17) is 15.5 Å². The zero-order chi connectivity index (χ0) is 24.2. The number of piperidine rings is 1. The Balaban J connectivity index is 1.49. The number of fused-ring (bicyclic) bond motifs is 3. The number of nitrogen functional groups attached to an aromatic ring is 1. The van der Waals surface area contributed by atoms with Crippen LogP contribution in [0.15, 0.2) is 18.3 Å². The van der Waals surface area contributed by atoms with Crippen LogP contribution in [0.3, 0.4) is 0 Å². The van der Waals surface area contributed by atoms with Gasteiger partial charge in [-0.05, 0) is 25.8 Å². The first-order chi connectivity index (χ1) is 16.1. The van der Waals surface area contributed by atoms with E-state index in [-0.39, 0.29) is 23.5 Å². The molecule has 1 unspecified atom stereocenters. The molecule has 1 saturated heterocycles. The molecule has 180 valence electrons. The molecule has 1 fully saturated rings. The van der Waals surface area contributed by atoms with Crippen LogP contribution >= 0.6 is 0 Å². The molecule has 0 radical (unpaired) electrons. The lowest BCUT2D eigenvalue weighted by atomic mass is 9.97. The third-order valence-corrected chi connectivity index (χ3v) is 6.86. The number of hydrogen-bond acceptors (Lipinski definition) is 9. The lowest BCUT2D eigenvalue weighted by Crippen LogP contribution is -2.35. The molecule has 34 heavy (non-hydrogen) atoms. The van der Waals surface area contributed by atoms with E-state index in [1.54, 1.807) is 6.20 Å². The normalized spacial score (nSPS) is 17.1. The summed E-state index contributed by atoms with van der Waals surface area (Å²) in [7, 11) is -1.82. The third kappa shape index (κ3) is 3.89. The minimum atomic E-state index is -3.21. The Morgan fingerprint density at radius 3 is 2.82 bits per heavy atom. The molecule has 0 amide bonds. The molecule has 5 rings (SSSR count). The Morgan fingerprint density at radius 1 is 1.29 bits per heavy atom. The standard InChI is InChI=1S/C21H25FN8O3S/c1-12-17(9-24-29(12)11-34(3,31)32)28-6-4-5-13(10-28)19-26-20-14-7-15(22)18(33-2)8-16(14)25-21(23)30(20)27-19/h7-9,13H,4-6,10-11H2,1-3H3,(H2,23,25). The second-order valence-corrected chi connectivity index (χ2v) is 10.7. The summed E-state index contributed by atoms with van der Waals surface area (Å²) in [5.74, 6) is 0.161. The lowest BCUT2D eigenvalue weighted by Gasteiger charge is -2.32. The maximum atomic E-state index is 14.4. The van der Waals surface area contributed by atoms with Crippen molar-refractivity contribution in [2.24, 2.45) is 0 Å². The second-order valence-electron chi connectivity index (χ2n) is 8.63. The molecule has 0 aliphatic carbocycles.